The topological polar surface area (TPSA) is 61.8 Å². The molecule has 6 aromatic rings. The van der Waals surface area contributed by atoms with E-state index in [-0.39, 0.29) is 0 Å². The average molecular weight is 432 g/mol. The van der Waals surface area contributed by atoms with Crippen molar-refractivity contribution in [3.8, 4) is 28.8 Å². The van der Waals surface area contributed by atoms with Gasteiger partial charge in [-0.15, -0.1) is 0 Å². The van der Waals surface area contributed by atoms with Crippen molar-refractivity contribution in [2.24, 2.45) is 7.05 Å². The highest BCUT2D eigenvalue weighted by atomic mass is 16.5. The summed E-state index contributed by atoms with van der Waals surface area (Å²) in [6, 6.07) is 20.7. The summed E-state index contributed by atoms with van der Waals surface area (Å²) in [7, 11) is 2.01. The van der Waals surface area contributed by atoms with Gasteiger partial charge in [0.05, 0.1) is 17.7 Å². The van der Waals surface area contributed by atoms with Gasteiger partial charge in [-0.1, -0.05) is 18.2 Å². The molecule has 4 heterocycles. The molecule has 160 valence electrons. The van der Waals surface area contributed by atoms with E-state index < -0.39 is 0 Å². The Morgan fingerprint density at radius 1 is 0.848 bits per heavy atom. The van der Waals surface area contributed by atoms with Crippen molar-refractivity contribution in [1.29, 1.82) is 0 Å². The zero-order chi connectivity index (χ0) is 21.9. The first-order valence-corrected chi connectivity index (χ1v) is 10.8. The maximum absolute atomic E-state index is 6.34. The maximum Gasteiger partial charge on any atom is 0.214 e. The summed E-state index contributed by atoms with van der Waals surface area (Å²) in [5.74, 6) is 3.35. The molecule has 0 fully saturated rings. The molecule has 1 aliphatic rings. The molecule has 3 aromatic carbocycles. The number of para-hydroxylation sites is 1. The van der Waals surface area contributed by atoms with Crippen molar-refractivity contribution in [3.05, 3.63) is 85.5 Å². The van der Waals surface area contributed by atoms with Gasteiger partial charge in [0.2, 0.25) is 5.95 Å². The smallest absolute Gasteiger partial charge is 0.214 e. The largest absolute Gasteiger partial charge is 0.457 e. The first-order chi connectivity index (χ1) is 16.3. The molecular formula is C26H20N6O. The lowest BCUT2D eigenvalue weighted by atomic mass is 10.1. The number of anilines is 1. The van der Waals surface area contributed by atoms with Crippen molar-refractivity contribution in [2.75, 3.05) is 5.32 Å². The van der Waals surface area contributed by atoms with Crippen LogP contribution >= 0.6 is 0 Å². The molecule has 7 nitrogen and oxygen atoms in total. The van der Waals surface area contributed by atoms with E-state index in [1.54, 1.807) is 0 Å². The minimum absolute atomic E-state index is 0.719. The summed E-state index contributed by atoms with van der Waals surface area (Å²) in [5, 5.41) is 5.77. The summed E-state index contributed by atoms with van der Waals surface area (Å²) in [6.07, 6.45) is 7.58. The number of rotatable bonds is 3. The van der Waals surface area contributed by atoms with Crippen LogP contribution in [0.5, 0.6) is 11.5 Å². The zero-order valence-corrected chi connectivity index (χ0v) is 17.9. The van der Waals surface area contributed by atoms with Crippen LogP contribution in [0.1, 0.15) is 0 Å². The highest BCUT2D eigenvalue weighted by Crippen LogP contribution is 2.37. The second-order valence-electron chi connectivity index (χ2n) is 8.23. The second-order valence-corrected chi connectivity index (χ2v) is 8.23. The van der Waals surface area contributed by atoms with Crippen LogP contribution < -0.4 is 10.1 Å². The summed E-state index contributed by atoms with van der Waals surface area (Å²) in [6.45, 7) is 0.719. The fourth-order valence-electron chi connectivity index (χ4n) is 4.72. The van der Waals surface area contributed by atoms with Crippen molar-refractivity contribution < 1.29 is 4.74 Å². The molecule has 0 radical (unpaired) electrons. The SMILES string of the molecule is Cn1ccnc1-n1c2ccccc2c2ccc(Oc3ccc4c(c3)-c3nccn3CN4)cc21. The molecule has 0 amide bonds. The first-order valence-electron chi connectivity index (χ1n) is 10.8. The number of nitrogens with zero attached hydrogens (tertiary/aromatic N) is 5. The number of nitrogens with one attached hydrogen (secondary N) is 1. The van der Waals surface area contributed by atoms with E-state index in [1.165, 1.54) is 5.39 Å². The highest BCUT2D eigenvalue weighted by Gasteiger charge is 2.18. The van der Waals surface area contributed by atoms with E-state index in [9.17, 15) is 0 Å². The number of hydrogen-bond acceptors (Lipinski definition) is 4. The number of aryl methyl sites for hydroxylation is 1. The normalized spacial score (nSPS) is 12.5. The third-order valence-electron chi connectivity index (χ3n) is 6.26. The summed E-state index contributed by atoms with van der Waals surface area (Å²) >= 11 is 0. The summed E-state index contributed by atoms with van der Waals surface area (Å²) in [4.78, 5) is 9.12. The van der Waals surface area contributed by atoms with Crippen LogP contribution in [0.2, 0.25) is 0 Å². The average Bonchev–Trinajstić information content (AvgIpc) is 3.56. The van der Waals surface area contributed by atoms with Gasteiger partial charge in [0, 0.05) is 59.9 Å². The Morgan fingerprint density at radius 3 is 2.58 bits per heavy atom. The number of fused-ring (bicyclic) bond motifs is 6. The summed E-state index contributed by atoms with van der Waals surface area (Å²) < 4.78 is 12.6. The number of aromatic nitrogens is 5. The lowest BCUT2D eigenvalue weighted by Crippen LogP contribution is -2.14. The van der Waals surface area contributed by atoms with Crippen LogP contribution in [0, 0.1) is 0 Å². The van der Waals surface area contributed by atoms with E-state index in [4.69, 9.17) is 4.74 Å². The molecule has 7 rings (SSSR count). The number of imidazole rings is 2. The lowest BCUT2D eigenvalue weighted by Gasteiger charge is -2.20. The van der Waals surface area contributed by atoms with Crippen LogP contribution in [-0.4, -0.2) is 23.7 Å². The van der Waals surface area contributed by atoms with E-state index >= 15 is 0 Å². The van der Waals surface area contributed by atoms with Gasteiger partial charge in [-0.2, -0.15) is 0 Å². The van der Waals surface area contributed by atoms with Crippen molar-refractivity contribution in [3.63, 3.8) is 0 Å². The van der Waals surface area contributed by atoms with E-state index in [2.05, 4.69) is 60.8 Å². The number of hydrogen-bond donors (Lipinski definition) is 1. The van der Waals surface area contributed by atoms with Gasteiger partial charge < -0.3 is 19.2 Å². The number of benzene rings is 3. The zero-order valence-electron chi connectivity index (χ0n) is 17.9. The first kappa shape index (κ1) is 18.1. The van der Waals surface area contributed by atoms with Gasteiger partial charge in [-0.05, 0) is 36.4 Å². The van der Waals surface area contributed by atoms with Gasteiger partial charge in [0.15, 0.2) is 0 Å². The van der Waals surface area contributed by atoms with Crippen LogP contribution in [0.3, 0.4) is 0 Å². The molecule has 7 heteroatoms. The molecule has 1 aliphatic heterocycles. The van der Waals surface area contributed by atoms with E-state index in [1.807, 2.05) is 60.7 Å². The predicted molar refractivity (Wildman–Crippen MR) is 129 cm³/mol. The molecule has 0 bridgehead atoms. The van der Waals surface area contributed by atoms with Crippen LogP contribution in [0.4, 0.5) is 5.69 Å². The van der Waals surface area contributed by atoms with E-state index in [0.29, 0.717) is 0 Å². The Hall–Kier alpha value is -4.52. The Labute approximate surface area is 189 Å². The molecule has 0 unspecified atom stereocenters. The molecule has 1 N–H and O–H groups in total. The molecular weight excluding hydrogens is 412 g/mol. The van der Waals surface area contributed by atoms with Crippen molar-refractivity contribution >= 4 is 27.5 Å². The molecule has 0 atom stereocenters. The third-order valence-corrected chi connectivity index (χ3v) is 6.26. The van der Waals surface area contributed by atoms with Gasteiger partial charge in [-0.3, -0.25) is 4.57 Å². The van der Waals surface area contributed by atoms with Gasteiger partial charge in [-0.25, -0.2) is 9.97 Å². The third kappa shape index (κ3) is 2.69. The van der Waals surface area contributed by atoms with Crippen molar-refractivity contribution in [1.82, 2.24) is 23.7 Å². The van der Waals surface area contributed by atoms with Gasteiger partial charge in [0.1, 0.15) is 17.3 Å². The van der Waals surface area contributed by atoms with Gasteiger partial charge >= 0.3 is 0 Å². The lowest BCUT2D eigenvalue weighted by molar-refractivity contribution is 0.483. The van der Waals surface area contributed by atoms with Crippen LogP contribution in [-0.2, 0) is 13.7 Å². The maximum atomic E-state index is 6.34. The Kier molecular flexibility index (Phi) is 3.69. The molecule has 0 spiro atoms. The minimum atomic E-state index is 0.719. The fourth-order valence-corrected chi connectivity index (χ4v) is 4.72. The Bertz CT molecular complexity index is 1670. The second kappa shape index (κ2) is 6.74. The Morgan fingerprint density at radius 2 is 1.67 bits per heavy atom. The monoisotopic (exact) mass is 432 g/mol. The molecule has 0 aliphatic carbocycles. The fraction of sp³-hybridized carbons (Fsp3) is 0.0769. The quantitative estimate of drug-likeness (QED) is 0.398. The molecule has 0 saturated carbocycles. The number of ether oxygens (including phenoxy) is 1. The van der Waals surface area contributed by atoms with Crippen molar-refractivity contribution in [2.45, 2.75) is 6.67 Å². The predicted octanol–water partition coefficient (Wildman–Crippen LogP) is 5.56. The molecule has 33 heavy (non-hydrogen) atoms. The summed E-state index contributed by atoms with van der Waals surface area (Å²) in [5.41, 5.74) is 4.27. The van der Waals surface area contributed by atoms with Crippen LogP contribution in [0.15, 0.2) is 85.5 Å². The molecule has 0 saturated heterocycles. The standard InChI is InChI=1S/C26H20N6O/c1-30-12-10-28-26(30)32-23-5-3-2-4-19(23)20-8-6-18(15-24(20)32)33-17-7-9-22-21(14-17)25-27-11-13-31(25)16-29-22/h2-15,29H,16H2,1H3. The molecule has 3 aromatic heterocycles. The van der Waals surface area contributed by atoms with Crippen LogP contribution in [0.25, 0.3) is 39.1 Å². The minimum Gasteiger partial charge on any atom is -0.457 e. The highest BCUT2D eigenvalue weighted by molar-refractivity contribution is 6.09. The van der Waals surface area contributed by atoms with Gasteiger partial charge in [0.25, 0.3) is 0 Å². The van der Waals surface area contributed by atoms with E-state index in [0.717, 1.165) is 57.6 Å². The Balaban J connectivity index is 1.36.